The lowest BCUT2D eigenvalue weighted by molar-refractivity contribution is -0.147. The number of hydrogen-bond donors (Lipinski definition) is 1. The number of halogens is 1. The third kappa shape index (κ3) is 2.31. The smallest absolute Gasteiger partial charge is 0.229 e. The van der Waals surface area contributed by atoms with Gasteiger partial charge in [0.05, 0.1) is 0 Å². The van der Waals surface area contributed by atoms with Crippen molar-refractivity contribution in [1.82, 2.24) is 9.88 Å². The van der Waals surface area contributed by atoms with Crippen molar-refractivity contribution < 1.29 is 14.0 Å². The van der Waals surface area contributed by atoms with Crippen LogP contribution in [-0.4, -0.2) is 28.2 Å². The zero-order valence-corrected chi connectivity index (χ0v) is 11.0. The Morgan fingerprint density at radius 1 is 1.20 bits per heavy atom. The topological polar surface area (TPSA) is 53.2 Å². The molecule has 1 saturated heterocycles. The van der Waals surface area contributed by atoms with Crippen LogP contribution >= 0.6 is 0 Å². The number of carbonyl (C=O) groups excluding carboxylic acids is 2. The second-order valence-corrected chi connectivity index (χ2v) is 5.05. The Bertz CT molecular complexity index is 662. The minimum atomic E-state index is -0.288. The molecule has 0 atom stereocenters. The highest BCUT2D eigenvalue weighted by Gasteiger charge is 2.25. The van der Waals surface area contributed by atoms with Crippen molar-refractivity contribution in [1.29, 1.82) is 0 Å². The molecule has 2 aromatic rings. The van der Waals surface area contributed by atoms with Crippen LogP contribution in [0.3, 0.4) is 0 Å². The fraction of sp³-hybridized carbons (Fsp3) is 0.333. The summed E-state index contributed by atoms with van der Waals surface area (Å²) < 4.78 is 13.3. The zero-order chi connectivity index (χ0) is 14.1. The highest BCUT2D eigenvalue weighted by molar-refractivity contribution is 5.97. The van der Waals surface area contributed by atoms with Gasteiger partial charge in [0, 0.05) is 36.5 Å². The number of imide groups is 1. The maximum absolute atomic E-state index is 13.3. The van der Waals surface area contributed by atoms with Gasteiger partial charge in [-0.3, -0.25) is 14.5 Å². The van der Waals surface area contributed by atoms with Crippen LogP contribution in [0.1, 0.15) is 24.8 Å². The Balaban J connectivity index is 1.78. The maximum atomic E-state index is 13.3. The van der Waals surface area contributed by atoms with Crippen LogP contribution in [-0.2, 0) is 16.0 Å². The molecule has 1 aliphatic rings. The Kier molecular flexibility index (Phi) is 3.26. The number of H-pyrrole nitrogens is 1. The predicted octanol–water partition coefficient (Wildman–Crippen LogP) is 2.39. The van der Waals surface area contributed by atoms with Gasteiger partial charge >= 0.3 is 0 Å². The molecule has 2 amide bonds. The summed E-state index contributed by atoms with van der Waals surface area (Å²) >= 11 is 0. The molecule has 0 unspecified atom stereocenters. The van der Waals surface area contributed by atoms with Gasteiger partial charge in [0.2, 0.25) is 11.8 Å². The number of rotatable bonds is 3. The Labute approximate surface area is 115 Å². The van der Waals surface area contributed by atoms with Crippen molar-refractivity contribution >= 4 is 22.7 Å². The van der Waals surface area contributed by atoms with Crippen molar-refractivity contribution in [2.24, 2.45) is 0 Å². The van der Waals surface area contributed by atoms with E-state index in [-0.39, 0.29) is 17.6 Å². The Morgan fingerprint density at radius 2 is 1.95 bits per heavy atom. The van der Waals surface area contributed by atoms with Gasteiger partial charge in [-0.2, -0.15) is 0 Å². The number of nitrogens with zero attached hydrogens (tertiary/aromatic N) is 1. The van der Waals surface area contributed by atoms with E-state index in [9.17, 15) is 14.0 Å². The van der Waals surface area contributed by atoms with Crippen LogP contribution in [0.4, 0.5) is 4.39 Å². The summed E-state index contributed by atoms with van der Waals surface area (Å²) in [7, 11) is 0. The van der Waals surface area contributed by atoms with Gasteiger partial charge in [-0.05, 0) is 36.6 Å². The maximum Gasteiger partial charge on any atom is 0.229 e. The standard InChI is InChI=1S/C15H15FN2O2/c16-11-4-5-13-12(8-11)10(9-17-13)6-7-18-14(19)2-1-3-15(18)20/h4-5,8-9,17H,1-3,6-7H2. The van der Waals surface area contributed by atoms with Gasteiger partial charge in [-0.1, -0.05) is 0 Å². The summed E-state index contributed by atoms with van der Waals surface area (Å²) in [5.74, 6) is -0.497. The molecular formula is C15H15FN2O2. The fourth-order valence-corrected chi connectivity index (χ4v) is 2.64. The van der Waals surface area contributed by atoms with Gasteiger partial charge < -0.3 is 4.98 Å². The van der Waals surface area contributed by atoms with Crippen molar-refractivity contribution in [2.45, 2.75) is 25.7 Å². The number of hydrogen-bond acceptors (Lipinski definition) is 2. The molecule has 1 aromatic heterocycles. The molecule has 1 aliphatic heterocycles. The highest BCUT2D eigenvalue weighted by Crippen LogP contribution is 2.21. The molecule has 0 aliphatic carbocycles. The first kappa shape index (κ1) is 12.8. The summed E-state index contributed by atoms with van der Waals surface area (Å²) in [6.07, 6.45) is 3.87. The molecule has 0 spiro atoms. The second kappa shape index (κ2) is 5.07. The molecular weight excluding hydrogens is 259 g/mol. The van der Waals surface area contributed by atoms with E-state index in [1.807, 2.05) is 6.20 Å². The average Bonchev–Trinajstić information content (AvgIpc) is 2.81. The lowest BCUT2D eigenvalue weighted by Gasteiger charge is -2.24. The lowest BCUT2D eigenvalue weighted by atomic mass is 10.1. The molecule has 0 radical (unpaired) electrons. The van der Waals surface area contributed by atoms with Crippen molar-refractivity contribution in [3.05, 3.63) is 35.8 Å². The number of amides is 2. The fourth-order valence-electron chi connectivity index (χ4n) is 2.64. The third-order valence-corrected chi connectivity index (χ3v) is 3.72. The van der Waals surface area contributed by atoms with Crippen molar-refractivity contribution in [3.63, 3.8) is 0 Å². The molecule has 0 saturated carbocycles. The number of aromatic amines is 1. The van der Waals surface area contributed by atoms with Crippen molar-refractivity contribution in [3.8, 4) is 0 Å². The third-order valence-electron chi connectivity index (χ3n) is 3.72. The molecule has 4 nitrogen and oxygen atoms in total. The largest absolute Gasteiger partial charge is 0.361 e. The van der Waals surface area contributed by atoms with Gasteiger partial charge in [-0.15, -0.1) is 0 Å². The Hall–Kier alpha value is -2.17. The van der Waals surface area contributed by atoms with Gasteiger partial charge in [-0.25, -0.2) is 4.39 Å². The normalized spacial score (nSPS) is 16.1. The number of nitrogens with one attached hydrogen (secondary N) is 1. The zero-order valence-electron chi connectivity index (χ0n) is 11.0. The molecule has 1 fully saturated rings. The number of likely N-dealkylation sites (tertiary alicyclic amines) is 1. The molecule has 0 bridgehead atoms. The number of piperidine rings is 1. The Morgan fingerprint density at radius 3 is 2.70 bits per heavy atom. The predicted molar refractivity (Wildman–Crippen MR) is 72.5 cm³/mol. The molecule has 3 rings (SSSR count). The van der Waals surface area contributed by atoms with E-state index in [1.54, 1.807) is 6.07 Å². The molecule has 2 heterocycles. The van der Waals surface area contributed by atoms with E-state index in [0.717, 1.165) is 16.5 Å². The van der Waals surface area contributed by atoms with Crippen LogP contribution in [0.15, 0.2) is 24.4 Å². The van der Waals surface area contributed by atoms with Crippen LogP contribution in [0.25, 0.3) is 10.9 Å². The number of benzene rings is 1. The van der Waals surface area contributed by atoms with Gasteiger partial charge in [0.15, 0.2) is 0 Å². The van der Waals surface area contributed by atoms with Crippen molar-refractivity contribution in [2.75, 3.05) is 6.54 Å². The SMILES string of the molecule is O=C1CCCC(=O)N1CCc1c[nH]c2ccc(F)cc12. The summed E-state index contributed by atoms with van der Waals surface area (Å²) in [6, 6.07) is 4.56. The molecule has 5 heteroatoms. The van der Waals surface area contributed by atoms with Gasteiger partial charge in [0.25, 0.3) is 0 Å². The van der Waals surface area contributed by atoms with Crippen LogP contribution in [0.2, 0.25) is 0 Å². The minimum absolute atomic E-state index is 0.104. The number of aromatic nitrogens is 1. The second-order valence-electron chi connectivity index (χ2n) is 5.05. The van der Waals surface area contributed by atoms with Gasteiger partial charge in [0.1, 0.15) is 5.82 Å². The minimum Gasteiger partial charge on any atom is -0.361 e. The highest BCUT2D eigenvalue weighted by atomic mass is 19.1. The summed E-state index contributed by atoms with van der Waals surface area (Å²) in [5.41, 5.74) is 1.78. The molecule has 1 N–H and O–H groups in total. The quantitative estimate of drug-likeness (QED) is 0.874. The number of fused-ring (bicyclic) bond motifs is 1. The monoisotopic (exact) mass is 274 g/mol. The van der Waals surface area contributed by atoms with E-state index in [0.29, 0.717) is 32.2 Å². The first-order valence-electron chi connectivity index (χ1n) is 6.74. The van der Waals surface area contributed by atoms with Crippen LogP contribution in [0.5, 0.6) is 0 Å². The first-order chi connectivity index (χ1) is 9.65. The molecule has 1 aromatic carbocycles. The van der Waals surface area contributed by atoms with E-state index in [2.05, 4.69) is 4.98 Å². The summed E-state index contributed by atoms with van der Waals surface area (Å²) in [4.78, 5) is 27.8. The van der Waals surface area contributed by atoms with E-state index in [1.165, 1.54) is 17.0 Å². The molecule has 104 valence electrons. The number of carbonyl (C=O) groups is 2. The van der Waals surface area contributed by atoms with E-state index in [4.69, 9.17) is 0 Å². The molecule has 20 heavy (non-hydrogen) atoms. The van der Waals surface area contributed by atoms with Crippen LogP contribution in [0, 0.1) is 5.82 Å². The summed E-state index contributed by atoms with van der Waals surface area (Å²) in [5, 5.41) is 0.807. The lowest BCUT2D eigenvalue weighted by Crippen LogP contribution is -2.41. The average molecular weight is 274 g/mol. The summed E-state index contributed by atoms with van der Waals surface area (Å²) in [6.45, 7) is 0.362. The first-order valence-corrected chi connectivity index (χ1v) is 6.74. The van der Waals surface area contributed by atoms with Crippen LogP contribution < -0.4 is 0 Å². The van der Waals surface area contributed by atoms with E-state index >= 15 is 0 Å². The van der Waals surface area contributed by atoms with E-state index < -0.39 is 0 Å².